The van der Waals surface area contributed by atoms with Crippen molar-refractivity contribution in [3.05, 3.63) is 63.6 Å². The van der Waals surface area contributed by atoms with Gasteiger partial charge in [-0.2, -0.15) is 0 Å². The maximum atomic E-state index is 6.20. The van der Waals surface area contributed by atoms with Gasteiger partial charge >= 0.3 is 0 Å². The van der Waals surface area contributed by atoms with E-state index in [4.69, 9.17) is 33.8 Å². The number of ether oxygens (including phenoxy) is 1. The van der Waals surface area contributed by atoms with Crippen LogP contribution in [-0.4, -0.2) is 13.2 Å². The zero-order valence-electron chi connectivity index (χ0n) is 11.8. The number of rotatable bonds is 6. The molecule has 0 spiro atoms. The molecule has 0 aliphatic heterocycles. The van der Waals surface area contributed by atoms with Crippen molar-refractivity contribution in [3.63, 3.8) is 0 Å². The molecular weight excluding hydrogens is 307 g/mol. The summed E-state index contributed by atoms with van der Waals surface area (Å²) < 4.78 is 5.23. The van der Waals surface area contributed by atoms with Crippen LogP contribution in [0.1, 0.15) is 11.1 Å². The molecule has 0 aliphatic rings. The Bertz CT molecular complexity index is 605. The van der Waals surface area contributed by atoms with Gasteiger partial charge in [-0.1, -0.05) is 35.3 Å². The lowest BCUT2D eigenvalue weighted by molar-refractivity contribution is 0.413. The van der Waals surface area contributed by atoms with E-state index in [1.807, 2.05) is 30.3 Å². The van der Waals surface area contributed by atoms with Gasteiger partial charge in [-0.25, -0.2) is 0 Å². The molecule has 5 heteroatoms. The highest BCUT2D eigenvalue weighted by Gasteiger charge is 2.12. The van der Waals surface area contributed by atoms with Crippen molar-refractivity contribution in [2.24, 2.45) is 5.84 Å². The molecule has 3 nitrogen and oxygen atoms in total. The first-order valence-electron chi connectivity index (χ1n) is 6.65. The summed E-state index contributed by atoms with van der Waals surface area (Å²) in [6.45, 7) is 0. The van der Waals surface area contributed by atoms with Crippen LogP contribution in [0.5, 0.6) is 5.75 Å². The fraction of sp³-hybridized carbons (Fsp3) is 0.250. The van der Waals surface area contributed by atoms with Crippen LogP contribution in [0.2, 0.25) is 10.0 Å². The molecule has 0 bridgehead atoms. The lowest BCUT2D eigenvalue weighted by Gasteiger charge is -2.17. The maximum absolute atomic E-state index is 6.20. The summed E-state index contributed by atoms with van der Waals surface area (Å²) >= 11 is 12.2. The van der Waals surface area contributed by atoms with Crippen LogP contribution in [-0.2, 0) is 12.8 Å². The van der Waals surface area contributed by atoms with Crippen LogP contribution < -0.4 is 16.0 Å². The Morgan fingerprint density at radius 2 is 1.95 bits per heavy atom. The summed E-state index contributed by atoms with van der Waals surface area (Å²) in [5.74, 6) is 6.51. The molecule has 0 fully saturated rings. The predicted octanol–water partition coefficient (Wildman–Crippen LogP) is 3.62. The van der Waals surface area contributed by atoms with Gasteiger partial charge in [0.05, 0.1) is 7.11 Å². The average Bonchev–Trinajstić information content (AvgIpc) is 2.50. The van der Waals surface area contributed by atoms with Crippen LogP contribution in [0.15, 0.2) is 42.5 Å². The van der Waals surface area contributed by atoms with Crippen molar-refractivity contribution in [3.8, 4) is 5.75 Å². The van der Waals surface area contributed by atoms with Crippen LogP contribution in [0.25, 0.3) is 0 Å². The largest absolute Gasteiger partial charge is 0.497 e. The maximum Gasteiger partial charge on any atom is 0.119 e. The van der Waals surface area contributed by atoms with Crippen LogP contribution in [0.4, 0.5) is 0 Å². The standard InChI is InChI=1S/C16H18Cl2N2O/c1-21-15-4-2-3-11(8-15)7-14(20-19)10-12-9-13(17)5-6-16(12)18/h2-6,8-9,14,20H,7,10,19H2,1H3. The second-order valence-corrected chi connectivity index (χ2v) is 5.70. The summed E-state index contributed by atoms with van der Waals surface area (Å²) in [5.41, 5.74) is 4.97. The van der Waals surface area contributed by atoms with E-state index in [1.54, 1.807) is 19.2 Å². The van der Waals surface area contributed by atoms with E-state index in [2.05, 4.69) is 5.43 Å². The molecule has 0 heterocycles. The van der Waals surface area contributed by atoms with E-state index in [9.17, 15) is 0 Å². The Balaban J connectivity index is 2.10. The number of halogens is 2. The molecular formula is C16H18Cl2N2O. The summed E-state index contributed by atoms with van der Waals surface area (Å²) in [4.78, 5) is 0. The van der Waals surface area contributed by atoms with Gasteiger partial charge in [-0.05, 0) is 54.3 Å². The minimum absolute atomic E-state index is 0.0630. The van der Waals surface area contributed by atoms with Crippen molar-refractivity contribution in [1.82, 2.24) is 5.43 Å². The monoisotopic (exact) mass is 324 g/mol. The molecule has 2 aromatic carbocycles. The number of hydrogen-bond acceptors (Lipinski definition) is 3. The smallest absolute Gasteiger partial charge is 0.119 e. The van der Waals surface area contributed by atoms with E-state index in [1.165, 1.54) is 0 Å². The van der Waals surface area contributed by atoms with E-state index < -0.39 is 0 Å². The molecule has 112 valence electrons. The Morgan fingerprint density at radius 3 is 2.67 bits per heavy atom. The van der Waals surface area contributed by atoms with Gasteiger partial charge in [0.2, 0.25) is 0 Å². The molecule has 1 unspecified atom stereocenters. The van der Waals surface area contributed by atoms with Crippen molar-refractivity contribution in [2.75, 3.05) is 7.11 Å². The highest BCUT2D eigenvalue weighted by molar-refractivity contribution is 6.33. The molecule has 2 aromatic rings. The second-order valence-electron chi connectivity index (χ2n) is 4.86. The third kappa shape index (κ3) is 4.61. The van der Waals surface area contributed by atoms with Crippen LogP contribution in [0, 0.1) is 0 Å². The minimum atomic E-state index is 0.0630. The summed E-state index contributed by atoms with van der Waals surface area (Å²) in [5, 5.41) is 1.37. The Hall–Kier alpha value is -1.26. The molecule has 21 heavy (non-hydrogen) atoms. The SMILES string of the molecule is COc1cccc(CC(Cc2cc(Cl)ccc2Cl)NN)c1. The van der Waals surface area contributed by atoms with Gasteiger partial charge in [-0.15, -0.1) is 0 Å². The molecule has 1 atom stereocenters. The van der Waals surface area contributed by atoms with Gasteiger partial charge in [0.1, 0.15) is 5.75 Å². The first kappa shape index (κ1) is 16.1. The number of benzene rings is 2. The van der Waals surface area contributed by atoms with E-state index in [0.29, 0.717) is 16.5 Å². The molecule has 0 aliphatic carbocycles. The van der Waals surface area contributed by atoms with Gasteiger partial charge in [-0.3, -0.25) is 11.3 Å². The Kier molecular flexibility index (Phi) is 5.88. The Labute approximate surface area is 135 Å². The number of hydrogen-bond donors (Lipinski definition) is 2. The average molecular weight is 325 g/mol. The second kappa shape index (κ2) is 7.66. The fourth-order valence-electron chi connectivity index (χ4n) is 2.24. The quantitative estimate of drug-likeness (QED) is 0.630. The van der Waals surface area contributed by atoms with Crippen molar-refractivity contribution >= 4 is 23.2 Å². The third-order valence-electron chi connectivity index (χ3n) is 3.33. The summed E-state index contributed by atoms with van der Waals surface area (Å²) in [7, 11) is 1.66. The number of nitrogens with one attached hydrogen (secondary N) is 1. The van der Waals surface area contributed by atoms with Gasteiger partial charge in [0.25, 0.3) is 0 Å². The van der Waals surface area contributed by atoms with Crippen LogP contribution >= 0.6 is 23.2 Å². The fourth-order valence-corrected chi connectivity index (χ4v) is 2.63. The molecule has 3 N–H and O–H groups in total. The van der Waals surface area contributed by atoms with E-state index >= 15 is 0 Å². The molecule has 0 saturated heterocycles. The lowest BCUT2D eigenvalue weighted by atomic mass is 9.99. The van der Waals surface area contributed by atoms with Crippen LogP contribution in [0.3, 0.4) is 0 Å². The molecule has 0 aromatic heterocycles. The molecule has 2 rings (SSSR count). The molecule has 0 amide bonds. The van der Waals surface area contributed by atoms with Gasteiger partial charge in [0, 0.05) is 16.1 Å². The number of nitrogens with two attached hydrogens (primary N) is 1. The lowest BCUT2D eigenvalue weighted by Crippen LogP contribution is -2.38. The first-order chi connectivity index (χ1) is 10.1. The van der Waals surface area contributed by atoms with Crippen molar-refractivity contribution < 1.29 is 4.74 Å². The van der Waals surface area contributed by atoms with E-state index in [0.717, 1.165) is 23.3 Å². The molecule has 0 saturated carbocycles. The van der Waals surface area contributed by atoms with E-state index in [-0.39, 0.29) is 6.04 Å². The minimum Gasteiger partial charge on any atom is -0.497 e. The van der Waals surface area contributed by atoms with Crippen molar-refractivity contribution in [1.29, 1.82) is 0 Å². The van der Waals surface area contributed by atoms with Gasteiger partial charge < -0.3 is 4.74 Å². The Morgan fingerprint density at radius 1 is 1.14 bits per heavy atom. The highest BCUT2D eigenvalue weighted by Crippen LogP contribution is 2.23. The van der Waals surface area contributed by atoms with Gasteiger partial charge in [0.15, 0.2) is 0 Å². The topological polar surface area (TPSA) is 47.3 Å². The highest BCUT2D eigenvalue weighted by atomic mass is 35.5. The zero-order chi connectivity index (χ0) is 15.2. The normalized spacial score (nSPS) is 12.2. The summed E-state index contributed by atoms with van der Waals surface area (Å²) in [6, 6.07) is 13.5. The predicted molar refractivity (Wildman–Crippen MR) is 88.0 cm³/mol. The number of methoxy groups -OCH3 is 1. The number of hydrazine groups is 1. The summed E-state index contributed by atoms with van der Waals surface area (Å²) in [6.07, 6.45) is 1.48. The van der Waals surface area contributed by atoms with Crippen molar-refractivity contribution in [2.45, 2.75) is 18.9 Å². The molecule has 0 radical (unpaired) electrons. The first-order valence-corrected chi connectivity index (χ1v) is 7.41. The third-order valence-corrected chi connectivity index (χ3v) is 3.93. The zero-order valence-corrected chi connectivity index (χ0v) is 13.3.